The van der Waals surface area contributed by atoms with Gasteiger partial charge in [-0.2, -0.15) is 0 Å². The van der Waals surface area contributed by atoms with Crippen molar-refractivity contribution in [3.63, 3.8) is 0 Å². The van der Waals surface area contributed by atoms with Crippen LogP contribution in [0, 0.1) is 23.7 Å². The Hall–Kier alpha value is -0.260. The molecule has 0 N–H and O–H groups in total. The van der Waals surface area contributed by atoms with Crippen LogP contribution >= 0.6 is 0 Å². The van der Waals surface area contributed by atoms with Crippen LogP contribution in [0.15, 0.2) is 11.1 Å². The van der Waals surface area contributed by atoms with Crippen molar-refractivity contribution in [3.8, 4) is 0 Å². The van der Waals surface area contributed by atoms with Crippen LogP contribution in [0.2, 0.25) is 0 Å². The summed E-state index contributed by atoms with van der Waals surface area (Å²) in [4.78, 5) is 0. The molecule has 0 aromatic rings. The third-order valence-electron chi connectivity index (χ3n) is 5.05. The Labute approximate surface area is 87.8 Å². The van der Waals surface area contributed by atoms with Gasteiger partial charge in [0.2, 0.25) is 0 Å². The monoisotopic (exact) mass is 190 g/mol. The van der Waals surface area contributed by atoms with Crippen LogP contribution in [0.25, 0.3) is 0 Å². The molecular weight excluding hydrogens is 168 g/mol. The molecule has 3 rings (SSSR count). The zero-order valence-electron chi connectivity index (χ0n) is 9.55. The van der Waals surface area contributed by atoms with E-state index < -0.39 is 0 Å². The van der Waals surface area contributed by atoms with Crippen LogP contribution in [0.3, 0.4) is 0 Å². The van der Waals surface area contributed by atoms with Crippen LogP contribution in [0.1, 0.15) is 52.4 Å². The number of hydrogen-bond acceptors (Lipinski definition) is 0. The van der Waals surface area contributed by atoms with E-state index >= 15 is 0 Å². The molecule has 2 bridgehead atoms. The maximum absolute atomic E-state index is 2.44. The van der Waals surface area contributed by atoms with E-state index in [-0.39, 0.29) is 0 Å². The smallest absolute Gasteiger partial charge is 0.0166 e. The van der Waals surface area contributed by atoms with Gasteiger partial charge in [0.05, 0.1) is 0 Å². The van der Waals surface area contributed by atoms with Crippen molar-refractivity contribution in [1.82, 2.24) is 0 Å². The largest absolute Gasteiger partial charge is 0.0673 e. The predicted octanol–water partition coefficient (Wildman–Crippen LogP) is 4.17. The zero-order chi connectivity index (χ0) is 9.71. The Kier molecular flexibility index (Phi) is 2.00. The fraction of sp³-hybridized carbons (Fsp3) is 0.857. The molecule has 78 valence electrons. The van der Waals surface area contributed by atoms with Gasteiger partial charge in [-0.15, -0.1) is 0 Å². The lowest BCUT2D eigenvalue weighted by Gasteiger charge is -2.32. The first-order valence-electron chi connectivity index (χ1n) is 6.51. The standard InChI is InChI=1S/C14H22/c1-3-10-7-11-8-14(10)12-5-4-9(2)6-13(11)12/h9-11,14H,3-8H2,1-2H3. The molecule has 0 nitrogen and oxygen atoms in total. The zero-order valence-corrected chi connectivity index (χ0v) is 9.55. The normalized spacial score (nSPS) is 45.9. The molecule has 0 heterocycles. The summed E-state index contributed by atoms with van der Waals surface area (Å²) in [5, 5.41) is 0. The van der Waals surface area contributed by atoms with Crippen LogP contribution in [0.5, 0.6) is 0 Å². The SMILES string of the molecule is CCC1CC2CC1C1=C2CC(C)CC1. The van der Waals surface area contributed by atoms with Crippen molar-refractivity contribution in [2.24, 2.45) is 23.7 Å². The third-order valence-corrected chi connectivity index (χ3v) is 5.05. The molecular formula is C14H22. The lowest BCUT2D eigenvalue weighted by Crippen LogP contribution is -2.18. The van der Waals surface area contributed by atoms with Crippen molar-refractivity contribution in [1.29, 1.82) is 0 Å². The molecule has 0 saturated heterocycles. The molecule has 0 aromatic heterocycles. The molecule has 0 radical (unpaired) electrons. The quantitative estimate of drug-likeness (QED) is 0.544. The first-order valence-corrected chi connectivity index (χ1v) is 6.51. The van der Waals surface area contributed by atoms with Crippen LogP contribution < -0.4 is 0 Å². The summed E-state index contributed by atoms with van der Waals surface area (Å²) < 4.78 is 0. The minimum atomic E-state index is 0.980. The summed E-state index contributed by atoms with van der Waals surface area (Å²) in [5.41, 5.74) is 3.87. The Balaban J connectivity index is 1.88. The van der Waals surface area contributed by atoms with Gasteiger partial charge in [0.15, 0.2) is 0 Å². The van der Waals surface area contributed by atoms with Gasteiger partial charge in [0.1, 0.15) is 0 Å². The molecule has 0 spiro atoms. The molecule has 0 aliphatic heterocycles. The molecule has 3 aliphatic rings. The van der Waals surface area contributed by atoms with E-state index in [1.165, 1.54) is 38.5 Å². The van der Waals surface area contributed by atoms with E-state index in [0.29, 0.717) is 0 Å². The molecule has 0 amide bonds. The van der Waals surface area contributed by atoms with Crippen molar-refractivity contribution in [2.45, 2.75) is 52.4 Å². The first-order chi connectivity index (χ1) is 6.79. The maximum atomic E-state index is 2.44. The Morgan fingerprint density at radius 3 is 2.86 bits per heavy atom. The second kappa shape index (κ2) is 3.12. The summed E-state index contributed by atoms with van der Waals surface area (Å²) >= 11 is 0. The molecule has 4 atom stereocenters. The highest BCUT2D eigenvalue weighted by atomic mass is 14.5. The van der Waals surface area contributed by atoms with Crippen molar-refractivity contribution >= 4 is 0 Å². The number of allylic oxidation sites excluding steroid dienone is 2. The summed E-state index contributed by atoms with van der Waals surface area (Å²) in [6, 6.07) is 0. The van der Waals surface area contributed by atoms with E-state index in [1.54, 1.807) is 0 Å². The van der Waals surface area contributed by atoms with Crippen LogP contribution in [-0.2, 0) is 0 Å². The summed E-state index contributed by atoms with van der Waals surface area (Å²) in [7, 11) is 0. The van der Waals surface area contributed by atoms with E-state index in [2.05, 4.69) is 13.8 Å². The molecule has 4 unspecified atom stereocenters. The van der Waals surface area contributed by atoms with Crippen molar-refractivity contribution in [3.05, 3.63) is 11.1 Å². The van der Waals surface area contributed by atoms with Gasteiger partial charge >= 0.3 is 0 Å². The van der Waals surface area contributed by atoms with Gasteiger partial charge in [0.25, 0.3) is 0 Å². The summed E-state index contributed by atoms with van der Waals surface area (Å²) in [6.07, 6.45) is 8.87. The molecule has 0 aromatic carbocycles. The molecule has 3 aliphatic carbocycles. The second-order valence-electron chi connectivity index (χ2n) is 5.84. The fourth-order valence-corrected chi connectivity index (χ4v) is 4.31. The van der Waals surface area contributed by atoms with Crippen LogP contribution in [0.4, 0.5) is 0 Å². The molecule has 14 heavy (non-hydrogen) atoms. The minimum absolute atomic E-state index is 0.980. The lowest BCUT2D eigenvalue weighted by atomic mass is 9.74. The fourth-order valence-electron chi connectivity index (χ4n) is 4.31. The summed E-state index contributed by atoms with van der Waals surface area (Å²) in [6.45, 7) is 4.82. The van der Waals surface area contributed by atoms with Gasteiger partial charge in [-0.25, -0.2) is 0 Å². The maximum Gasteiger partial charge on any atom is -0.0166 e. The third kappa shape index (κ3) is 1.12. The Morgan fingerprint density at radius 2 is 2.07 bits per heavy atom. The number of rotatable bonds is 1. The highest BCUT2D eigenvalue weighted by Gasteiger charge is 2.45. The topological polar surface area (TPSA) is 0 Å². The second-order valence-corrected chi connectivity index (χ2v) is 5.84. The average molecular weight is 190 g/mol. The van der Waals surface area contributed by atoms with E-state index in [0.717, 1.165) is 23.7 Å². The van der Waals surface area contributed by atoms with Gasteiger partial charge in [-0.3, -0.25) is 0 Å². The molecule has 1 fully saturated rings. The minimum Gasteiger partial charge on any atom is -0.0673 e. The van der Waals surface area contributed by atoms with E-state index in [4.69, 9.17) is 0 Å². The number of hydrogen-bond donors (Lipinski definition) is 0. The summed E-state index contributed by atoms with van der Waals surface area (Å²) in [5.74, 6) is 4.11. The highest BCUT2D eigenvalue weighted by molar-refractivity contribution is 5.32. The highest BCUT2D eigenvalue weighted by Crippen LogP contribution is 2.57. The van der Waals surface area contributed by atoms with Gasteiger partial charge in [0, 0.05) is 0 Å². The molecule has 1 saturated carbocycles. The Bertz CT molecular complexity index is 274. The van der Waals surface area contributed by atoms with Crippen molar-refractivity contribution in [2.75, 3.05) is 0 Å². The Morgan fingerprint density at radius 1 is 1.21 bits per heavy atom. The van der Waals surface area contributed by atoms with E-state index in [1.807, 2.05) is 11.1 Å². The van der Waals surface area contributed by atoms with Gasteiger partial charge in [-0.05, 0) is 55.8 Å². The van der Waals surface area contributed by atoms with Gasteiger partial charge < -0.3 is 0 Å². The predicted molar refractivity (Wildman–Crippen MR) is 60.0 cm³/mol. The van der Waals surface area contributed by atoms with E-state index in [9.17, 15) is 0 Å². The average Bonchev–Trinajstić information content (AvgIpc) is 2.74. The van der Waals surface area contributed by atoms with Crippen molar-refractivity contribution < 1.29 is 0 Å². The first kappa shape index (κ1) is 9.00. The van der Waals surface area contributed by atoms with Gasteiger partial charge in [-0.1, -0.05) is 31.4 Å². The lowest BCUT2D eigenvalue weighted by molar-refractivity contribution is 0.365. The number of fused-ring (bicyclic) bond motifs is 4. The van der Waals surface area contributed by atoms with Crippen LogP contribution in [-0.4, -0.2) is 0 Å². The molecule has 0 heteroatoms.